The van der Waals surface area contributed by atoms with E-state index in [1.54, 1.807) is 0 Å². The number of hydrogen-bond acceptors (Lipinski definition) is 0. The molecule has 0 saturated heterocycles. The van der Waals surface area contributed by atoms with Gasteiger partial charge in [-0.3, -0.25) is 0 Å². The van der Waals surface area contributed by atoms with E-state index in [1.807, 2.05) is 0 Å². The van der Waals surface area contributed by atoms with Gasteiger partial charge in [0.1, 0.15) is 0 Å². The molecule has 0 saturated carbocycles. The van der Waals surface area contributed by atoms with Crippen molar-refractivity contribution in [3.63, 3.8) is 0 Å². The molecule has 0 rings (SSSR count). The molecule has 0 heteroatoms. The zero-order valence-corrected chi connectivity index (χ0v) is 14.9. The molecule has 0 heterocycles. The summed E-state index contributed by atoms with van der Waals surface area (Å²) >= 11 is 0. The van der Waals surface area contributed by atoms with Crippen molar-refractivity contribution in [1.29, 1.82) is 0 Å². The number of rotatable bonds is 15. The summed E-state index contributed by atoms with van der Waals surface area (Å²) in [5.41, 5.74) is 0. The van der Waals surface area contributed by atoms with Gasteiger partial charge in [-0.2, -0.15) is 0 Å². The van der Waals surface area contributed by atoms with Gasteiger partial charge in [0.25, 0.3) is 0 Å². The van der Waals surface area contributed by atoms with Crippen molar-refractivity contribution in [3.05, 3.63) is 6.42 Å². The molecule has 1 atom stereocenters. The standard InChI is InChI=1S/C20H41/c1-5-9-12-13-14-17-19(8-4)18-20(15-10-6-2)16-11-7-3/h18-20H,5-17H2,1-4H3. The molecule has 0 aromatic carbocycles. The number of hydrogen-bond donors (Lipinski definition) is 0. The monoisotopic (exact) mass is 281 g/mol. The summed E-state index contributed by atoms with van der Waals surface area (Å²) in [6.07, 6.45) is 21.1. The van der Waals surface area contributed by atoms with E-state index in [1.165, 1.54) is 83.5 Å². The molecule has 0 aliphatic heterocycles. The minimum atomic E-state index is 0.885. The lowest BCUT2D eigenvalue weighted by atomic mass is 9.83. The van der Waals surface area contributed by atoms with Crippen molar-refractivity contribution >= 4 is 0 Å². The Morgan fingerprint density at radius 3 is 1.55 bits per heavy atom. The normalized spacial score (nSPS) is 13.1. The average molecular weight is 282 g/mol. The van der Waals surface area contributed by atoms with Crippen molar-refractivity contribution in [1.82, 2.24) is 0 Å². The quantitative estimate of drug-likeness (QED) is 0.271. The highest BCUT2D eigenvalue weighted by atomic mass is 14.2. The van der Waals surface area contributed by atoms with Gasteiger partial charge < -0.3 is 0 Å². The largest absolute Gasteiger partial charge is 0.0654 e. The Bertz CT molecular complexity index is 165. The topological polar surface area (TPSA) is 0 Å². The minimum absolute atomic E-state index is 0.885. The molecular weight excluding hydrogens is 240 g/mol. The predicted octanol–water partition coefficient (Wildman–Crippen LogP) is 7.57. The van der Waals surface area contributed by atoms with Crippen LogP contribution in [0, 0.1) is 18.3 Å². The van der Waals surface area contributed by atoms with Crippen LogP contribution in [0.4, 0.5) is 0 Å². The van der Waals surface area contributed by atoms with Gasteiger partial charge in [-0.25, -0.2) is 0 Å². The lowest BCUT2D eigenvalue weighted by molar-refractivity contribution is 0.387. The predicted molar refractivity (Wildman–Crippen MR) is 94.0 cm³/mol. The van der Waals surface area contributed by atoms with Crippen LogP contribution >= 0.6 is 0 Å². The minimum Gasteiger partial charge on any atom is -0.0654 e. The molecule has 20 heavy (non-hydrogen) atoms. The first-order valence-electron chi connectivity index (χ1n) is 9.63. The van der Waals surface area contributed by atoms with E-state index in [4.69, 9.17) is 0 Å². The summed E-state index contributed by atoms with van der Waals surface area (Å²) in [7, 11) is 0. The molecule has 0 fully saturated rings. The van der Waals surface area contributed by atoms with E-state index in [0.717, 1.165) is 11.8 Å². The van der Waals surface area contributed by atoms with Crippen LogP contribution in [0.5, 0.6) is 0 Å². The Kier molecular flexibility index (Phi) is 15.4. The van der Waals surface area contributed by atoms with Crippen LogP contribution in [0.1, 0.15) is 111 Å². The summed E-state index contributed by atoms with van der Waals surface area (Å²) < 4.78 is 0. The van der Waals surface area contributed by atoms with Crippen LogP contribution in [0.15, 0.2) is 0 Å². The van der Waals surface area contributed by atoms with Crippen molar-refractivity contribution in [2.45, 2.75) is 111 Å². The van der Waals surface area contributed by atoms with Crippen molar-refractivity contribution in [3.8, 4) is 0 Å². The maximum atomic E-state index is 2.74. The first-order valence-corrected chi connectivity index (χ1v) is 9.63. The van der Waals surface area contributed by atoms with Gasteiger partial charge in [0.05, 0.1) is 0 Å². The molecule has 0 bridgehead atoms. The van der Waals surface area contributed by atoms with Crippen molar-refractivity contribution in [2.24, 2.45) is 11.8 Å². The maximum absolute atomic E-state index is 2.74. The van der Waals surface area contributed by atoms with E-state index in [9.17, 15) is 0 Å². The molecule has 0 aromatic rings. The third-order valence-corrected chi connectivity index (χ3v) is 4.60. The highest BCUT2D eigenvalue weighted by Gasteiger charge is 2.15. The first kappa shape index (κ1) is 20.0. The highest BCUT2D eigenvalue weighted by Crippen LogP contribution is 2.27. The van der Waals surface area contributed by atoms with E-state index >= 15 is 0 Å². The zero-order chi connectivity index (χ0) is 15.1. The van der Waals surface area contributed by atoms with Crippen LogP contribution in [-0.2, 0) is 0 Å². The van der Waals surface area contributed by atoms with Gasteiger partial charge in [0.2, 0.25) is 0 Å². The molecule has 0 N–H and O–H groups in total. The second-order valence-electron chi connectivity index (χ2n) is 6.61. The molecular formula is C20H41. The van der Waals surface area contributed by atoms with Gasteiger partial charge in [-0.05, 0) is 18.3 Å². The fraction of sp³-hybridized carbons (Fsp3) is 0.950. The Labute approximate surface area is 130 Å². The lowest BCUT2D eigenvalue weighted by Gasteiger charge is -2.22. The molecule has 0 aromatic heterocycles. The van der Waals surface area contributed by atoms with Gasteiger partial charge in [0, 0.05) is 0 Å². The third-order valence-electron chi connectivity index (χ3n) is 4.60. The Morgan fingerprint density at radius 1 is 0.550 bits per heavy atom. The number of unbranched alkanes of at least 4 members (excludes halogenated alkanes) is 6. The summed E-state index contributed by atoms with van der Waals surface area (Å²) in [6.45, 7) is 9.32. The second kappa shape index (κ2) is 15.4. The van der Waals surface area contributed by atoms with Gasteiger partial charge in [-0.1, -0.05) is 111 Å². The SMILES string of the molecule is CCCCCCCC([CH]C(CCCC)CCCC)CC. The van der Waals surface area contributed by atoms with Crippen molar-refractivity contribution in [2.75, 3.05) is 0 Å². The Hall–Kier alpha value is 0. The van der Waals surface area contributed by atoms with Crippen LogP contribution in [0.2, 0.25) is 0 Å². The van der Waals surface area contributed by atoms with E-state index in [2.05, 4.69) is 34.1 Å². The van der Waals surface area contributed by atoms with Crippen LogP contribution in [0.3, 0.4) is 0 Å². The van der Waals surface area contributed by atoms with E-state index in [-0.39, 0.29) is 0 Å². The molecule has 0 aliphatic rings. The summed E-state index contributed by atoms with van der Waals surface area (Å²) in [6, 6.07) is 0. The molecule has 121 valence electrons. The van der Waals surface area contributed by atoms with Gasteiger partial charge >= 0.3 is 0 Å². The fourth-order valence-corrected chi connectivity index (χ4v) is 3.10. The highest BCUT2D eigenvalue weighted by molar-refractivity contribution is 4.83. The van der Waals surface area contributed by atoms with Crippen LogP contribution < -0.4 is 0 Å². The smallest absolute Gasteiger partial charge is 0.0324 e. The van der Waals surface area contributed by atoms with Gasteiger partial charge in [0.15, 0.2) is 0 Å². The molecule has 0 amide bonds. The van der Waals surface area contributed by atoms with Crippen LogP contribution in [0.25, 0.3) is 0 Å². The molecule has 1 unspecified atom stereocenters. The maximum Gasteiger partial charge on any atom is -0.0324 e. The Balaban J connectivity index is 3.91. The third kappa shape index (κ3) is 11.8. The van der Waals surface area contributed by atoms with E-state index < -0.39 is 0 Å². The first-order chi connectivity index (χ1) is 9.78. The average Bonchev–Trinajstić information content (AvgIpc) is 2.48. The fourth-order valence-electron chi connectivity index (χ4n) is 3.10. The molecule has 0 aliphatic carbocycles. The summed E-state index contributed by atoms with van der Waals surface area (Å²) in [4.78, 5) is 0. The second-order valence-corrected chi connectivity index (χ2v) is 6.61. The van der Waals surface area contributed by atoms with Gasteiger partial charge in [-0.15, -0.1) is 0 Å². The molecule has 1 radical (unpaired) electrons. The molecule has 0 spiro atoms. The van der Waals surface area contributed by atoms with Crippen molar-refractivity contribution < 1.29 is 0 Å². The summed E-state index contributed by atoms with van der Waals surface area (Å²) in [5, 5.41) is 0. The van der Waals surface area contributed by atoms with Crippen LogP contribution in [-0.4, -0.2) is 0 Å². The Morgan fingerprint density at radius 2 is 1.05 bits per heavy atom. The zero-order valence-electron chi connectivity index (χ0n) is 14.9. The lowest BCUT2D eigenvalue weighted by Crippen LogP contribution is -2.10. The van der Waals surface area contributed by atoms with E-state index in [0.29, 0.717) is 0 Å². The summed E-state index contributed by atoms with van der Waals surface area (Å²) in [5.74, 6) is 1.78. The molecule has 0 nitrogen and oxygen atoms in total.